The third kappa shape index (κ3) is 3.67. The van der Waals surface area contributed by atoms with Crippen molar-refractivity contribution < 1.29 is 14.3 Å². The summed E-state index contributed by atoms with van der Waals surface area (Å²) in [6.45, 7) is 0. The van der Waals surface area contributed by atoms with Crippen molar-refractivity contribution >= 4 is 22.6 Å². The number of anilines is 1. The molecule has 2 N–H and O–H groups in total. The van der Waals surface area contributed by atoms with Crippen LogP contribution < -0.4 is 5.32 Å². The molecule has 0 aliphatic rings. The average molecular weight is 311 g/mol. The smallest absolute Gasteiger partial charge is 0.227 e. The minimum Gasteiger partial charge on any atom is -0.388 e. The van der Waals surface area contributed by atoms with Gasteiger partial charge in [0.25, 0.3) is 0 Å². The minimum atomic E-state index is -1.06. The Bertz CT molecular complexity index is 854. The molecule has 1 aromatic heterocycles. The van der Waals surface area contributed by atoms with E-state index in [-0.39, 0.29) is 12.3 Å². The first-order valence-corrected chi connectivity index (χ1v) is 7.06. The van der Waals surface area contributed by atoms with Gasteiger partial charge in [-0.25, -0.2) is 4.39 Å². The summed E-state index contributed by atoms with van der Waals surface area (Å²) in [7, 11) is 0. The molecule has 1 unspecified atom stereocenters. The first-order chi connectivity index (χ1) is 11.1. The molecule has 0 bridgehead atoms. The van der Waals surface area contributed by atoms with Crippen molar-refractivity contribution in [1.82, 2.24) is 9.97 Å². The van der Waals surface area contributed by atoms with Crippen molar-refractivity contribution in [2.75, 3.05) is 5.32 Å². The predicted molar refractivity (Wildman–Crippen MR) is 84.1 cm³/mol. The van der Waals surface area contributed by atoms with Crippen molar-refractivity contribution in [3.63, 3.8) is 0 Å². The van der Waals surface area contributed by atoms with Gasteiger partial charge in [-0.1, -0.05) is 12.1 Å². The molecule has 1 atom stereocenters. The molecular weight excluding hydrogens is 297 g/mol. The van der Waals surface area contributed by atoms with Gasteiger partial charge in [0.05, 0.1) is 23.6 Å². The highest BCUT2D eigenvalue weighted by molar-refractivity contribution is 5.93. The number of rotatable bonds is 4. The lowest BCUT2D eigenvalue weighted by molar-refractivity contribution is -0.118. The summed E-state index contributed by atoms with van der Waals surface area (Å²) >= 11 is 0. The zero-order chi connectivity index (χ0) is 16.2. The lowest BCUT2D eigenvalue weighted by Gasteiger charge is -2.11. The molecule has 23 heavy (non-hydrogen) atoms. The Morgan fingerprint density at radius 2 is 1.91 bits per heavy atom. The van der Waals surface area contributed by atoms with Crippen LogP contribution in [-0.4, -0.2) is 21.0 Å². The fourth-order valence-corrected chi connectivity index (χ4v) is 2.26. The largest absolute Gasteiger partial charge is 0.388 e. The molecular formula is C17H14FN3O2. The van der Waals surface area contributed by atoms with E-state index in [1.807, 2.05) is 0 Å². The van der Waals surface area contributed by atoms with E-state index in [0.29, 0.717) is 16.8 Å². The number of fused-ring (bicyclic) bond motifs is 1. The maximum absolute atomic E-state index is 13.1. The first-order valence-electron chi connectivity index (χ1n) is 7.06. The Morgan fingerprint density at radius 1 is 1.13 bits per heavy atom. The number of hydrogen-bond donors (Lipinski definition) is 2. The molecule has 6 heteroatoms. The van der Waals surface area contributed by atoms with E-state index >= 15 is 0 Å². The second kappa shape index (κ2) is 6.50. The van der Waals surface area contributed by atoms with Gasteiger partial charge >= 0.3 is 0 Å². The van der Waals surface area contributed by atoms with Crippen molar-refractivity contribution in [2.45, 2.75) is 12.5 Å². The number of benzene rings is 2. The monoisotopic (exact) mass is 311 g/mol. The van der Waals surface area contributed by atoms with Gasteiger partial charge in [0, 0.05) is 18.1 Å². The van der Waals surface area contributed by atoms with Crippen LogP contribution in [0, 0.1) is 5.82 Å². The van der Waals surface area contributed by atoms with Crippen LogP contribution in [0.2, 0.25) is 0 Å². The molecule has 1 amide bonds. The first kappa shape index (κ1) is 15.1. The van der Waals surface area contributed by atoms with Crippen molar-refractivity contribution in [3.05, 3.63) is 66.2 Å². The lowest BCUT2D eigenvalue weighted by atomic mass is 10.1. The van der Waals surface area contributed by atoms with Gasteiger partial charge < -0.3 is 10.4 Å². The molecule has 0 radical (unpaired) electrons. The van der Waals surface area contributed by atoms with Crippen LogP contribution in [-0.2, 0) is 4.79 Å². The number of halogens is 1. The highest BCUT2D eigenvalue weighted by Crippen LogP contribution is 2.19. The van der Waals surface area contributed by atoms with Crippen molar-refractivity contribution in [1.29, 1.82) is 0 Å². The molecule has 5 nitrogen and oxygen atoms in total. The molecule has 2 aromatic carbocycles. The van der Waals surface area contributed by atoms with E-state index in [1.165, 1.54) is 18.2 Å². The zero-order valence-corrected chi connectivity index (χ0v) is 12.1. The number of nitrogens with zero attached hydrogens (tertiary/aromatic N) is 2. The van der Waals surface area contributed by atoms with E-state index in [0.717, 1.165) is 5.52 Å². The van der Waals surface area contributed by atoms with E-state index in [1.54, 1.807) is 36.7 Å². The minimum absolute atomic E-state index is 0.165. The van der Waals surface area contributed by atoms with Crippen molar-refractivity contribution in [3.8, 4) is 0 Å². The molecule has 116 valence electrons. The van der Waals surface area contributed by atoms with Gasteiger partial charge in [0.15, 0.2) is 0 Å². The molecule has 3 aromatic rings. The fourth-order valence-electron chi connectivity index (χ4n) is 2.26. The molecule has 0 saturated heterocycles. The van der Waals surface area contributed by atoms with Crippen LogP contribution in [0.15, 0.2) is 54.9 Å². The summed E-state index contributed by atoms with van der Waals surface area (Å²) in [6, 6.07) is 10.7. The Kier molecular flexibility index (Phi) is 4.25. The van der Waals surface area contributed by atoms with Crippen LogP contribution in [0.1, 0.15) is 18.1 Å². The number of aromatic nitrogens is 2. The van der Waals surface area contributed by atoms with Gasteiger partial charge in [0.2, 0.25) is 5.91 Å². The second-order valence-electron chi connectivity index (χ2n) is 5.08. The van der Waals surface area contributed by atoms with Crippen LogP contribution in [0.4, 0.5) is 10.1 Å². The van der Waals surface area contributed by atoms with Gasteiger partial charge in [-0.3, -0.25) is 14.8 Å². The average Bonchev–Trinajstić information content (AvgIpc) is 2.54. The highest BCUT2D eigenvalue weighted by Gasteiger charge is 2.14. The Balaban J connectivity index is 1.68. The van der Waals surface area contributed by atoms with Crippen LogP contribution in [0.25, 0.3) is 11.0 Å². The Labute approximate surface area is 131 Å². The maximum atomic E-state index is 13.1. The fraction of sp³-hybridized carbons (Fsp3) is 0.118. The summed E-state index contributed by atoms with van der Waals surface area (Å²) in [5.74, 6) is -0.819. The highest BCUT2D eigenvalue weighted by atomic mass is 19.1. The van der Waals surface area contributed by atoms with E-state index in [9.17, 15) is 14.3 Å². The predicted octanol–water partition coefficient (Wildman–Crippen LogP) is 2.83. The number of amides is 1. The maximum Gasteiger partial charge on any atom is 0.227 e. The molecule has 3 rings (SSSR count). The van der Waals surface area contributed by atoms with E-state index < -0.39 is 11.9 Å². The number of aliphatic hydroxyl groups excluding tert-OH is 1. The molecule has 0 aliphatic heterocycles. The van der Waals surface area contributed by atoms with Crippen LogP contribution >= 0.6 is 0 Å². The third-order valence-corrected chi connectivity index (χ3v) is 3.37. The topological polar surface area (TPSA) is 75.1 Å². The number of nitrogens with one attached hydrogen (secondary N) is 1. The van der Waals surface area contributed by atoms with Crippen LogP contribution in [0.5, 0.6) is 0 Å². The molecule has 0 saturated carbocycles. The van der Waals surface area contributed by atoms with Crippen molar-refractivity contribution in [2.24, 2.45) is 0 Å². The standard InChI is InChI=1S/C17H14FN3O2/c18-12-3-1-2-11(8-12)16(22)10-17(23)21-13-4-5-14-15(9-13)20-7-6-19-14/h1-9,16,22H,10H2,(H,21,23). The number of aliphatic hydroxyl groups is 1. The van der Waals surface area contributed by atoms with Gasteiger partial charge in [-0.2, -0.15) is 0 Å². The van der Waals surface area contributed by atoms with Crippen LogP contribution in [0.3, 0.4) is 0 Å². The van der Waals surface area contributed by atoms with Gasteiger partial charge in [0.1, 0.15) is 5.82 Å². The van der Waals surface area contributed by atoms with Gasteiger partial charge in [-0.15, -0.1) is 0 Å². The molecule has 0 fully saturated rings. The van der Waals surface area contributed by atoms with Gasteiger partial charge in [-0.05, 0) is 35.9 Å². The Hall–Kier alpha value is -2.86. The summed E-state index contributed by atoms with van der Waals surface area (Å²) in [6.07, 6.45) is 1.94. The Morgan fingerprint density at radius 3 is 2.70 bits per heavy atom. The zero-order valence-electron chi connectivity index (χ0n) is 12.1. The second-order valence-corrected chi connectivity index (χ2v) is 5.08. The normalized spacial score (nSPS) is 12.1. The number of carbonyl (C=O) groups excluding carboxylic acids is 1. The summed E-state index contributed by atoms with van der Waals surface area (Å²) in [5.41, 5.74) is 2.32. The summed E-state index contributed by atoms with van der Waals surface area (Å²) in [4.78, 5) is 20.3. The number of carbonyl (C=O) groups is 1. The quantitative estimate of drug-likeness (QED) is 0.777. The van der Waals surface area contributed by atoms with E-state index in [2.05, 4.69) is 15.3 Å². The van der Waals surface area contributed by atoms with E-state index in [4.69, 9.17) is 0 Å². The third-order valence-electron chi connectivity index (χ3n) is 3.37. The molecule has 0 spiro atoms. The SMILES string of the molecule is O=C(CC(O)c1cccc(F)c1)Nc1ccc2nccnc2c1. The lowest BCUT2D eigenvalue weighted by Crippen LogP contribution is -2.15. The molecule has 1 heterocycles. The summed E-state index contributed by atoms with van der Waals surface area (Å²) in [5, 5.41) is 12.7. The summed E-state index contributed by atoms with van der Waals surface area (Å²) < 4.78 is 13.1. The molecule has 0 aliphatic carbocycles. The number of hydrogen-bond acceptors (Lipinski definition) is 4.